The van der Waals surface area contributed by atoms with Gasteiger partial charge in [-0.05, 0) is 79.9 Å². The Morgan fingerprint density at radius 2 is 1.81 bits per heavy atom. The third-order valence-electron chi connectivity index (χ3n) is 7.26. The van der Waals surface area contributed by atoms with Gasteiger partial charge in [0.25, 0.3) is 0 Å². The Morgan fingerprint density at radius 3 is 2.45 bits per heavy atom. The number of ether oxygens (including phenoxy) is 1. The number of hydrogen-bond acceptors (Lipinski definition) is 7. The van der Waals surface area contributed by atoms with E-state index in [1.807, 2.05) is 45.9 Å². The lowest BCUT2D eigenvalue weighted by Gasteiger charge is -2.26. The van der Waals surface area contributed by atoms with E-state index in [0.29, 0.717) is 16.9 Å². The van der Waals surface area contributed by atoms with Crippen molar-refractivity contribution in [3.63, 3.8) is 0 Å². The summed E-state index contributed by atoms with van der Waals surface area (Å²) >= 11 is 1.13. The zero-order valence-corrected chi connectivity index (χ0v) is 26.7. The summed E-state index contributed by atoms with van der Waals surface area (Å²) in [4.78, 5) is 37.9. The average Bonchev–Trinajstić information content (AvgIpc) is 3.65. The molecule has 0 aliphatic carbocycles. The van der Waals surface area contributed by atoms with E-state index in [1.165, 1.54) is 40.2 Å². The average molecular weight is 670 g/mol. The lowest BCUT2D eigenvalue weighted by atomic mass is 9.99. The molecule has 47 heavy (non-hydrogen) atoms. The molecule has 0 radical (unpaired) electrons. The number of aromatic nitrogens is 3. The molecule has 0 bridgehead atoms. The van der Waals surface area contributed by atoms with Gasteiger partial charge in [-0.1, -0.05) is 31.7 Å². The molecule has 10 nitrogen and oxygen atoms in total. The van der Waals surface area contributed by atoms with Crippen molar-refractivity contribution < 1.29 is 31.9 Å². The summed E-state index contributed by atoms with van der Waals surface area (Å²) in [5.41, 5.74) is 3.07. The number of urea groups is 1. The van der Waals surface area contributed by atoms with E-state index in [-0.39, 0.29) is 40.0 Å². The van der Waals surface area contributed by atoms with E-state index in [9.17, 15) is 22.8 Å². The SMILES string of the molecule is CCN(CC)c1ccc(C(C)C)c(N2C(=O)CS/C2=N\C(=O)Nc2ccc(-c3ncn(-c4ccc(OC(F)(F)F)cc4)n3)cc2F)c1. The minimum atomic E-state index is -4.81. The molecular formula is C32H31F4N7O3S. The van der Waals surface area contributed by atoms with Crippen molar-refractivity contribution in [1.82, 2.24) is 14.8 Å². The fraction of sp³-hybridized carbons (Fsp3) is 0.281. The van der Waals surface area contributed by atoms with Crippen LogP contribution in [0.25, 0.3) is 17.1 Å². The predicted molar refractivity (Wildman–Crippen MR) is 174 cm³/mol. The second-order valence-corrected chi connectivity index (χ2v) is 11.6. The minimum absolute atomic E-state index is 0.0937. The van der Waals surface area contributed by atoms with Crippen LogP contribution in [-0.4, -0.2) is 57.1 Å². The quantitative estimate of drug-likeness (QED) is 0.183. The summed E-state index contributed by atoms with van der Waals surface area (Å²) in [6, 6.07) is 14.1. The Bertz CT molecular complexity index is 1810. The third kappa shape index (κ3) is 7.73. The van der Waals surface area contributed by atoms with Crippen LogP contribution in [0.15, 0.2) is 72.0 Å². The van der Waals surface area contributed by atoms with Gasteiger partial charge in [0, 0.05) is 24.3 Å². The van der Waals surface area contributed by atoms with Crippen LogP contribution in [-0.2, 0) is 4.79 Å². The Kier molecular flexibility index (Phi) is 9.84. The monoisotopic (exact) mass is 669 g/mol. The molecule has 1 aliphatic rings. The van der Waals surface area contributed by atoms with E-state index < -0.39 is 18.2 Å². The maximum atomic E-state index is 15.1. The summed E-state index contributed by atoms with van der Waals surface area (Å²) < 4.78 is 57.6. The molecule has 1 saturated heterocycles. The third-order valence-corrected chi connectivity index (χ3v) is 8.19. The van der Waals surface area contributed by atoms with Gasteiger partial charge in [0.1, 0.15) is 17.9 Å². The number of anilines is 3. The van der Waals surface area contributed by atoms with Gasteiger partial charge in [0.15, 0.2) is 11.0 Å². The Labute approximate surface area is 272 Å². The molecule has 15 heteroatoms. The van der Waals surface area contributed by atoms with Gasteiger partial charge >= 0.3 is 12.4 Å². The molecule has 2 heterocycles. The summed E-state index contributed by atoms with van der Waals surface area (Å²) in [5.74, 6) is -1.04. The Morgan fingerprint density at radius 1 is 1.09 bits per heavy atom. The number of nitrogens with one attached hydrogen (secondary N) is 1. The summed E-state index contributed by atoms with van der Waals surface area (Å²) in [6.07, 6.45) is -3.48. The highest BCUT2D eigenvalue weighted by atomic mass is 32.2. The van der Waals surface area contributed by atoms with Crippen LogP contribution in [0.5, 0.6) is 5.75 Å². The first-order valence-electron chi connectivity index (χ1n) is 14.7. The van der Waals surface area contributed by atoms with Crippen LogP contribution in [0.3, 0.4) is 0 Å². The number of alkyl halides is 3. The molecule has 0 atom stereocenters. The van der Waals surface area contributed by atoms with Crippen LogP contribution < -0.4 is 19.9 Å². The number of amides is 3. The van der Waals surface area contributed by atoms with Gasteiger partial charge in [0.2, 0.25) is 5.91 Å². The number of thioether (sulfide) groups is 1. The molecule has 246 valence electrons. The fourth-order valence-corrected chi connectivity index (χ4v) is 5.85. The van der Waals surface area contributed by atoms with Crippen molar-refractivity contribution >= 4 is 45.9 Å². The van der Waals surface area contributed by atoms with E-state index in [0.717, 1.165) is 54.3 Å². The van der Waals surface area contributed by atoms with Gasteiger partial charge in [-0.15, -0.1) is 18.3 Å². The zero-order valence-electron chi connectivity index (χ0n) is 25.9. The maximum Gasteiger partial charge on any atom is 0.573 e. The van der Waals surface area contributed by atoms with Gasteiger partial charge in [-0.3, -0.25) is 9.69 Å². The highest BCUT2D eigenvalue weighted by molar-refractivity contribution is 8.15. The van der Waals surface area contributed by atoms with Crippen LogP contribution in [0.2, 0.25) is 0 Å². The van der Waals surface area contributed by atoms with Gasteiger partial charge in [0.05, 0.1) is 22.8 Å². The van der Waals surface area contributed by atoms with E-state index in [1.54, 1.807) is 0 Å². The normalized spacial score (nSPS) is 14.3. The summed E-state index contributed by atoms with van der Waals surface area (Å²) in [5, 5.41) is 6.90. The smallest absolute Gasteiger partial charge is 0.406 e. The van der Waals surface area contributed by atoms with Crippen LogP contribution >= 0.6 is 11.8 Å². The number of aliphatic imine (C=N–C) groups is 1. The van der Waals surface area contributed by atoms with Gasteiger partial charge < -0.3 is 15.0 Å². The number of rotatable bonds is 9. The van der Waals surface area contributed by atoms with Crippen LogP contribution in [0.1, 0.15) is 39.2 Å². The molecule has 3 amide bonds. The highest BCUT2D eigenvalue weighted by Gasteiger charge is 2.33. The van der Waals surface area contributed by atoms with E-state index in [2.05, 4.69) is 30.0 Å². The molecule has 1 fully saturated rings. The van der Waals surface area contributed by atoms with Crippen molar-refractivity contribution in [2.45, 2.75) is 40.0 Å². The molecule has 1 N–H and O–H groups in total. The van der Waals surface area contributed by atoms with Crippen molar-refractivity contribution in [1.29, 1.82) is 0 Å². The van der Waals surface area contributed by atoms with Crippen LogP contribution in [0.4, 0.5) is 39.4 Å². The zero-order chi connectivity index (χ0) is 33.9. The first-order valence-corrected chi connectivity index (χ1v) is 15.7. The number of hydrogen-bond donors (Lipinski definition) is 1. The molecule has 0 unspecified atom stereocenters. The minimum Gasteiger partial charge on any atom is -0.406 e. The van der Waals surface area contributed by atoms with Crippen molar-refractivity contribution in [3.8, 4) is 22.8 Å². The fourth-order valence-electron chi connectivity index (χ4n) is 4.99. The first-order chi connectivity index (χ1) is 22.4. The molecule has 0 saturated carbocycles. The lowest BCUT2D eigenvalue weighted by molar-refractivity contribution is -0.274. The second kappa shape index (κ2) is 13.8. The van der Waals surface area contributed by atoms with E-state index in [4.69, 9.17) is 0 Å². The second-order valence-electron chi connectivity index (χ2n) is 10.7. The van der Waals surface area contributed by atoms with Gasteiger partial charge in [-0.2, -0.15) is 4.99 Å². The Hall–Kier alpha value is -4.92. The molecule has 0 spiro atoms. The number of carbonyl (C=O) groups excluding carboxylic acids is 2. The standard InChI is InChI=1S/C32H31F4N7O3S/c1-5-41(6-2)22-10-13-24(19(3)4)27(16-22)43-28(44)17-47-31(43)39-30(45)38-26-14-7-20(15-25(26)33)29-37-18-42(40-29)21-8-11-23(12-9-21)46-32(34,35)36/h7-16,18-19H,5-6,17H2,1-4H3,(H,38,45)/b39-31-. The molecule has 1 aromatic heterocycles. The maximum absolute atomic E-state index is 15.1. The molecule has 3 aromatic carbocycles. The largest absolute Gasteiger partial charge is 0.573 e. The summed E-state index contributed by atoms with van der Waals surface area (Å²) in [7, 11) is 0. The Balaban J connectivity index is 1.33. The number of nitrogens with zero attached hydrogens (tertiary/aromatic N) is 6. The molecule has 4 aromatic rings. The number of amidine groups is 1. The predicted octanol–water partition coefficient (Wildman–Crippen LogP) is 7.61. The van der Waals surface area contributed by atoms with Crippen molar-refractivity contribution in [3.05, 3.63) is 78.4 Å². The molecule has 5 rings (SSSR count). The lowest BCUT2D eigenvalue weighted by Crippen LogP contribution is -2.32. The highest BCUT2D eigenvalue weighted by Crippen LogP contribution is 2.36. The topological polar surface area (TPSA) is 105 Å². The number of benzene rings is 3. The summed E-state index contributed by atoms with van der Waals surface area (Å²) in [6.45, 7) is 9.70. The van der Waals surface area contributed by atoms with Crippen molar-refractivity contribution in [2.75, 3.05) is 34.0 Å². The van der Waals surface area contributed by atoms with Crippen molar-refractivity contribution in [2.24, 2.45) is 4.99 Å². The first kappa shape index (κ1) is 33.4. The number of carbonyl (C=O) groups is 2. The van der Waals surface area contributed by atoms with Crippen LogP contribution in [0, 0.1) is 5.82 Å². The molecular weight excluding hydrogens is 638 g/mol. The van der Waals surface area contributed by atoms with Gasteiger partial charge in [-0.25, -0.2) is 18.9 Å². The van der Waals surface area contributed by atoms with E-state index >= 15 is 4.39 Å². The molecule has 1 aliphatic heterocycles. The number of halogens is 4.